The maximum absolute atomic E-state index is 12.7. The molecule has 0 heterocycles. The van der Waals surface area contributed by atoms with Crippen LogP contribution in [0.1, 0.15) is 52.2 Å². The average molecular weight is 353 g/mol. The molecule has 0 fully saturated rings. The molecule has 1 aromatic carbocycles. The third kappa shape index (κ3) is 5.61. The second-order valence-corrected chi connectivity index (χ2v) is 12.3. The molecule has 0 bridgehead atoms. The molecule has 1 amide bonds. The highest BCUT2D eigenvalue weighted by atomic mass is 28.4. The van der Waals surface area contributed by atoms with Crippen LogP contribution in [0.4, 0.5) is 0 Å². The van der Waals surface area contributed by atoms with Gasteiger partial charge in [-0.15, -0.1) is 0 Å². The molecule has 3 N–H and O–H groups in total. The number of benzene rings is 1. The predicted molar refractivity (Wildman–Crippen MR) is 100 cm³/mol. The molecule has 0 spiro atoms. The first kappa shape index (κ1) is 20.7. The number of hydrogen-bond donors (Lipinski definition) is 2. The molecule has 1 atom stereocenters. The number of carbonyl (C=O) groups excluding carboxylic acids is 1. The topological polar surface area (TPSA) is 73.6 Å². The van der Waals surface area contributed by atoms with Crippen LogP contribution in [0.25, 0.3) is 0 Å². The lowest BCUT2D eigenvalue weighted by molar-refractivity contribution is -0.128. The number of hydrogen-bond acceptors (Lipinski definition) is 4. The number of nitrogens with two attached hydrogens (primary N) is 1. The molecule has 0 saturated heterocycles. The van der Waals surface area contributed by atoms with E-state index in [9.17, 15) is 4.79 Å². The van der Waals surface area contributed by atoms with Crippen molar-refractivity contribution in [2.45, 2.75) is 64.8 Å². The lowest BCUT2D eigenvalue weighted by Gasteiger charge is -2.39. The summed E-state index contributed by atoms with van der Waals surface area (Å²) in [5, 5.41) is 3.01. The van der Waals surface area contributed by atoms with Crippen LogP contribution in [0.2, 0.25) is 18.1 Å². The molecule has 0 aromatic heterocycles. The van der Waals surface area contributed by atoms with Crippen LogP contribution in [-0.2, 0) is 9.22 Å². The Morgan fingerprint density at radius 2 is 1.83 bits per heavy atom. The van der Waals surface area contributed by atoms with Crippen molar-refractivity contribution in [2.24, 2.45) is 5.90 Å². The molecule has 136 valence electrons. The summed E-state index contributed by atoms with van der Waals surface area (Å²) in [5.74, 6) is 5.64. The van der Waals surface area contributed by atoms with Crippen molar-refractivity contribution in [3.8, 4) is 5.75 Å². The highest BCUT2D eigenvalue weighted by Crippen LogP contribution is 2.40. The molecule has 24 heavy (non-hydrogen) atoms. The number of rotatable bonds is 8. The Kier molecular flexibility index (Phi) is 7.44. The Morgan fingerprint density at radius 1 is 1.25 bits per heavy atom. The summed E-state index contributed by atoms with van der Waals surface area (Å²) in [6.45, 7) is 13.6. The van der Waals surface area contributed by atoms with Gasteiger partial charge in [0.15, 0.2) is 8.32 Å². The minimum Gasteiger partial charge on any atom is -0.412 e. The number of amides is 1. The minimum atomic E-state index is -2.10. The van der Waals surface area contributed by atoms with Crippen LogP contribution >= 0.6 is 0 Å². The van der Waals surface area contributed by atoms with E-state index in [1.54, 1.807) is 12.1 Å². The van der Waals surface area contributed by atoms with Gasteiger partial charge in [0, 0.05) is 6.54 Å². The van der Waals surface area contributed by atoms with E-state index >= 15 is 0 Å². The molecule has 6 heteroatoms. The number of unbranched alkanes of at least 4 members (excludes halogenated alkanes) is 1. The summed E-state index contributed by atoms with van der Waals surface area (Å²) in [4.78, 5) is 17.4. The SMILES string of the molecule is CCCCNC(=O)C(O[Si](C)(C)C(C)(C)C)c1ccc(ON)cc1. The van der Waals surface area contributed by atoms with Gasteiger partial charge in [-0.3, -0.25) is 4.79 Å². The third-order valence-electron chi connectivity index (χ3n) is 4.61. The monoisotopic (exact) mass is 352 g/mol. The van der Waals surface area contributed by atoms with Crippen LogP contribution < -0.4 is 16.1 Å². The second-order valence-electron chi connectivity index (χ2n) is 7.59. The molecule has 0 aliphatic heterocycles. The van der Waals surface area contributed by atoms with Gasteiger partial charge in [-0.1, -0.05) is 46.2 Å². The van der Waals surface area contributed by atoms with E-state index in [4.69, 9.17) is 15.2 Å². The number of nitrogens with one attached hydrogen (secondary N) is 1. The highest BCUT2D eigenvalue weighted by molar-refractivity contribution is 6.74. The zero-order valence-corrected chi connectivity index (χ0v) is 16.8. The first-order valence-electron chi connectivity index (χ1n) is 8.54. The smallest absolute Gasteiger partial charge is 0.252 e. The van der Waals surface area contributed by atoms with Gasteiger partial charge in [0.05, 0.1) is 0 Å². The van der Waals surface area contributed by atoms with Crippen molar-refractivity contribution >= 4 is 14.2 Å². The van der Waals surface area contributed by atoms with Crippen molar-refractivity contribution in [1.29, 1.82) is 0 Å². The Hall–Kier alpha value is -1.37. The van der Waals surface area contributed by atoms with Gasteiger partial charge in [0.2, 0.25) is 0 Å². The van der Waals surface area contributed by atoms with E-state index in [-0.39, 0.29) is 10.9 Å². The van der Waals surface area contributed by atoms with Crippen LogP contribution in [0.5, 0.6) is 5.75 Å². The fourth-order valence-corrected chi connectivity index (χ4v) is 3.13. The summed E-state index contributed by atoms with van der Waals surface area (Å²) in [6, 6.07) is 7.16. The Labute approximate surface area is 147 Å². The van der Waals surface area contributed by atoms with Crippen molar-refractivity contribution in [2.75, 3.05) is 6.54 Å². The van der Waals surface area contributed by atoms with Gasteiger partial charge >= 0.3 is 0 Å². The first-order valence-corrected chi connectivity index (χ1v) is 11.5. The van der Waals surface area contributed by atoms with Crippen molar-refractivity contribution in [3.05, 3.63) is 29.8 Å². The van der Waals surface area contributed by atoms with Crippen molar-refractivity contribution in [3.63, 3.8) is 0 Å². The maximum atomic E-state index is 12.7. The van der Waals surface area contributed by atoms with E-state index in [1.165, 1.54) is 0 Å². The second kappa shape index (κ2) is 8.64. The lowest BCUT2D eigenvalue weighted by Crippen LogP contribution is -2.45. The van der Waals surface area contributed by atoms with E-state index in [2.05, 4.69) is 46.1 Å². The fraction of sp³-hybridized carbons (Fsp3) is 0.611. The summed E-state index contributed by atoms with van der Waals surface area (Å²) in [7, 11) is -2.10. The van der Waals surface area contributed by atoms with Gasteiger partial charge in [-0.25, -0.2) is 0 Å². The summed E-state index contributed by atoms with van der Waals surface area (Å²) < 4.78 is 6.41. The summed E-state index contributed by atoms with van der Waals surface area (Å²) in [5.41, 5.74) is 0.814. The van der Waals surface area contributed by atoms with Crippen LogP contribution in [-0.4, -0.2) is 20.8 Å². The van der Waals surface area contributed by atoms with E-state index in [0.29, 0.717) is 12.3 Å². The molecule has 0 aliphatic carbocycles. The van der Waals surface area contributed by atoms with E-state index in [0.717, 1.165) is 18.4 Å². The van der Waals surface area contributed by atoms with Crippen molar-refractivity contribution < 1.29 is 14.1 Å². The molecular weight excluding hydrogens is 320 g/mol. The van der Waals surface area contributed by atoms with Gasteiger partial charge in [-0.05, 0) is 42.2 Å². The fourth-order valence-electron chi connectivity index (χ4n) is 1.95. The van der Waals surface area contributed by atoms with Gasteiger partial charge in [0.1, 0.15) is 11.9 Å². The molecule has 1 unspecified atom stereocenters. The van der Waals surface area contributed by atoms with E-state index in [1.807, 2.05) is 12.1 Å². The molecule has 0 aliphatic rings. The largest absolute Gasteiger partial charge is 0.412 e. The van der Waals surface area contributed by atoms with Crippen molar-refractivity contribution in [1.82, 2.24) is 5.32 Å². The maximum Gasteiger partial charge on any atom is 0.252 e. The third-order valence-corrected chi connectivity index (χ3v) is 9.04. The lowest BCUT2D eigenvalue weighted by atomic mass is 10.1. The Bertz CT molecular complexity index is 524. The molecule has 0 saturated carbocycles. The highest BCUT2D eigenvalue weighted by Gasteiger charge is 2.41. The minimum absolute atomic E-state index is 0.0231. The molecule has 1 aromatic rings. The summed E-state index contributed by atoms with van der Waals surface area (Å²) >= 11 is 0. The van der Waals surface area contributed by atoms with E-state index < -0.39 is 14.4 Å². The Morgan fingerprint density at radius 3 is 2.29 bits per heavy atom. The standard InChI is InChI=1S/C18H32N2O3Si/c1-7-8-13-20-17(21)16(23-24(5,6)18(2,3)4)14-9-11-15(22-19)12-10-14/h9-12,16H,7-8,13,19H2,1-6H3,(H,20,21). The van der Waals surface area contributed by atoms with Gasteiger partial charge < -0.3 is 14.6 Å². The zero-order valence-electron chi connectivity index (χ0n) is 15.8. The predicted octanol–water partition coefficient (Wildman–Crippen LogP) is 3.92. The quantitative estimate of drug-likeness (QED) is 0.422. The molecular formula is C18H32N2O3Si. The molecule has 5 nitrogen and oxygen atoms in total. The molecule has 1 rings (SSSR count). The van der Waals surface area contributed by atoms with Crippen LogP contribution in [0, 0.1) is 0 Å². The normalized spacial score (nSPS) is 13.5. The Balaban J connectivity index is 3.04. The summed E-state index contributed by atoms with van der Waals surface area (Å²) in [6.07, 6.45) is 1.38. The average Bonchev–Trinajstić information content (AvgIpc) is 2.52. The van der Waals surface area contributed by atoms with Crippen LogP contribution in [0.15, 0.2) is 24.3 Å². The van der Waals surface area contributed by atoms with Gasteiger partial charge in [0.25, 0.3) is 5.91 Å². The zero-order chi connectivity index (χ0) is 18.4. The first-order chi connectivity index (χ1) is 11.1. The number of carbonyl (C=O) groups is 1. The van der Waals surface area contributed by atoms with Crippen LogP contribution in [0.3, 0.4) is 0 Å². The van der Waals surface area contributed by atoms with Gasteiger partial charge in [-0.2, -0.15) is 5.90 Å². The molecule has 0 radical (unpaired) electrons.